The third-order valence-corrected chi connectivity index (χ3v) is 3.21. The minimum atomic E-state index is -0.192. The fraction of sp³-hybridized carbons (Fsp3) is 0.500. The van der Waals surface area contributed by atoms with E-state index in [4.69, 9.17) is 0 Å². The minimum absolute atomic E-state index is 0.192. The molecule has 1 unspecified atom stereocenters. The van der Waals surface area contributed by atoms with Crippen LogP contribution in [0.3, 0.4) is 0 Å². The molecule has 0 amide bonds. The molecule has 1 aromatic carbocycles. The van der Waals surface area contributed by atoms with Crippen molar-refractivity contribution < 1.29 is 5.11 Å². The van der Waals surface area contributed by atoms with Gasteiger partial charge in [0.1, 0.15) is 0 Å². The van der Waals surface area contributed by atoms with E-state index in [1.807, 2.05) is 32.0 Å². The summed E-state index contributed by atoms with van der Waals surface area (Å²) in [5.74, 6) is 0.345. The van der Waals surface area contributed by atoms with Crippen LogP contribution in [-0.2, 0) is 6.42 Å². The Bertz CT molecular complexity index is 283. The second-order valence-electron chi connectivity index (χ2n) is 3.94. The summed E-state index contributed by atoms with van der Waals surface area (Å²) in [7, 11) is 0. The van der Waals surface area contributed by atoms with E-state index in [2.05, 4.69) is 22.0 Å². The van der Waals surface area contributed by atoms with Crippen molar-refractivity contribution in [2.75, 3.05) is 0 Å². The van der Waals surface area contributed by atoms with Crippen LogP contribution >= 0.6 is 15.9 Å². The molecule has 0 aliphatic carbocycles. The second kappa shape index (κ2) is 5.52. The summed E-state index contributed by atoms with van der Waals surface area (Å²) < 4.78 is 1.14. The van der Waals surface area contributed by atoms with E-state index in [-0.39, 0.29) is 6.10 Å². The highest BCUT2D eigenvalue weighted by Gasteiger charge is 2.09. The van der Waals surface area contributed by atoms with E-state index in [1.54, 1.807) is 0 Å². The second-order valence-corrected chi connectivity index (χ2v) is 4.80. The fourth-order valence-electron chi connectivity index (χ4n) is 1.34. The Labute approximate surface area is 94.3 Å². The highest BCUT2D eigenvalue weighted by atomic mass is 79.9. The summed E-state index contributed by atoms with van der Waals surface area (Å²) in [5.41, 5.74) is 1.27. The van der Waals surface area contributed by atoms with Crippen LogP contribution in [0.2, 0.25) is 0 Å². The zero-order chi connectivity index (χ0) is 10.6. The molecule has 1 atom stereocenters. The SMILES string of the molecule is CC(C)C(O)CCc1ccccc1Br. The van der Waals surface area contributed by atoms with E-state index < -0.39 is 0 Å². The monoisotopic (exact) mass is 256 g/mol. The van der Waals surface area contributed by atoms with Gasteiger partial charge in [0.15, 0.2) is 0 Å². The van der Waals surface area contributed by atoms with Gasteiger partial charge in [0.05, 0.1) is 6.10 Å². The van der Waals surface area contributed by atoms with Crippen molar-refractivity contribution in [2.24, 2.45) is 5.92 Å². The Morgan fingerprint density at radius 2 is 1.93 bits per heavy atom. The lowest BCUT2D eigenvalue weighted by Gasteiger charge is -2.14. The number of aliphatic hydroxyl groups excluding tert-OH is 1. The normalized spacial score (nSPS) is 13.2. The lowest BCUT2D eigenvalue weighted by Crippen LogP contribution is -2.15. The van der Waals surface area contributed by atoms with Gasteiger partial charge in [-0.2, -0.15) is 0 Å². The fourth-order valence-corrected chi connectivity index (χ4v) is 1.82. The lowest BCUT2D eigenvalue weighted by molar-refractivity contribution is 0.116. The van der Waals surface area contributed by atoms with Gasteiger partial charge >= 0.3 is 0 Å². The average molecular weight is 257 g/mol. The summed E-state index contributed by atoms with van der Waals surface area (Å²) in [6.45, 7) is 4.09. The molecule has 0 bridgehead atoms. The first kappa shape index (κ1) is 11.7. The number of hydrogen-bond donors (Lipinski definition) is 1. The number of halogens is 1. The molecule has 1 aromatic rings. The van der Waals surface area contributed by atoms with Crippen LogP contribution in [0.4, 0.5) is 0 Å². The molecule has 0 heterocycles. The smallest absolute Gasteiger partial charge is 0.0566 e. The van der Waals surface area contributed by atoms with Crippen molar-refractivity contribution >= 4 is 15.9 Å². The van der Waals surface area contributed by atoms with Gasteiger partial charge in [-0.15, -0.1) is 0 Å². The van der Waals surface area contributed by atoms with Crippen LogP contribution in [0.25, 0.3) is 0 Å². The number of benzene rings is 1. The maximum absolute atomic E-state index is 9.66. The summed E-state index contributed by atoms with van der Waals surface area (Å²) in [6.07, 6.45) is 1.57. The minimum Gasteiger partial charge on any atom is -0.393 e. The van der Waals surface area contributed by atoms with Gasteiger partial charge in [-0.3, -0.25) is 0 Å². The largest absolute Gasteiger partial charge is 0.393 e. The Hall–Kier alpha value is -0.340. The Balaban J connectivity index is 2.50. The molecule has 0 saturated heterocycles. The van der Waals surface area contributed by atoms with Crippen molar-refractivity contribution in [1.82, 2.24) is 0 Å². The van der Waals surface area contributed by atoms with Gasteiger partial charge in [0, 0.05) is 4.47 Å². The highest BCUT2D eigenvalue weighted by Crippen LogP contribution is 2.19. The number of rotatable bonds is 4. The van der Waals surface area contributed by atoms with Crippen molar-refractivity contribution in [2.45, 2.75) is 32.8 Å². The van der Waals surface area contributed by atoms with E-state index in [1.165, 1.54) is 5.56 Å². The number of hydrogen-bond acceptors (Lipinski definition) is 1. The van der Waals surface area contributed by atoms with Crippen molar-refractivity contribution in [3.8, 4) is 0 Å². The van der Waals surface area contributed by atoms with Crippen LogP contribution in [0.5, 0.6) is 0 Å². The molecule has 0 aromatic heterocycles. The van der Waals surface area contributed by atoms with Gasteiger partial charge in [-0.25, -0.2) is 0 Å². The maximum Gasteiger partial charge on any atom is 0.0566 e. The first-order valence-electron chi connectivity index (χ1n) is 5.02. The zero-order valence-corrected chi connectivity index (χ0v) is 10.3. The summed E-state index contributed by atoms with van der Waals surface area (Å²) in [6, 6.07) is 8.17. The number of aliphatic hydroxyl groups is 1. The molecule has 0 aliphatic rings. The summed E-state index contributed by atoms with van der Waals surface area (Å²) in [4.78, 5) is 0. The van der Waals surface area contributed by atoms with Crippen molar-refractivity contribution in [3.05, 3.63) is 34.3 Å². The number of aryl methyl sites for hydroxylation is 1. The molecule has 1 nitrogen and oxygen atoms in total. The molecule has 2 heteroatoms. The van der Waals surface area contributed by atoms with E-state index in [0.29, 0.717) is 5.92 Å². The quantitative estimate of drug-likeness (QED) is 0.876. The van der Waals surface area contributed by atoms with Gasteiger partial charge in [-0.1, -0.05) is 48.0 Å². The van der Waals surface area contributed by atoms with Crippen molar-refractivity contribution in [1.29, 1.82) is 0 Å². The first-order chi connectivity index (χ1) is 6.61. The predicted octanol–water partition coefficient (Wildman–Crippen LogP) is 3.40. The Morgan fingerprint density at radius 1 is 1.29 bits per heavy atom. The van der Waals surface area contributed by atoms with E-state index >= 15 is 0 Å². The van der Waals surface area contributed by atoms with Crippen molar-refractivity contribution in [3.63, 3.8) is 0 Å². The van der Waals surface area contributed by atoms with Crippen LogP contribution < -0.4 is 0 Å². The standard InChI is InChI=1S/C12H17BrO/c1-9(2)12(14)8-7-10-5-3-4-6-11(10)13/h3-6,9,12,14H,7-8H2,1-2H3. The van der Waals surface area contributed by atoms with Crippen LogP contribution in [-0.4, -0.2) is 11.2 Å². The predicted molar refractivity (Wildman–Crippen MR) is 63.3 cm³/mol. The molecule has 0 saturated carbocycles. The van der Waals surface area contributed by atoms with Gasteiger partial charge in [0.25, 0.3) is 0 Å². The van der Waals surface area contributed by atoms with Gasteiger partial charge in [0.2, 0.25) is 0 Å². The van der Waals surface area contributed by atoms with Crippen LogP contribution in [0.1, 0.15) is 25.8 Å². The molecule has 78 valence electrons. The maximum atomic E-state index is 9.66. The molecule has 1 N–H and O–H groups in total. The van der Waals surface area contributed by atoms with Crippen LogP contribution in [0.15, 0.2) is 28.7 Å². The van der Waals surface area contributed by atoms with E-state index in [0.717, 1.165) is 17.3 Å². The molecule has 14 heavy (non-hydrogen) atoms. The third-order valence-electron chi connectivity index (χ3n) is 2.44. The summed E-state index contributed by atoms with van der Waals surface area (Å²) in [5, 5.41) is 9.66. The topological polar surface area (TPSA) is 20.2 Å². The average Bonchev–Trinajstić information content (AvgIpc) is 2.16. The molecule has 0 radical (unpaired) electrons. The molecular weight excluding hydrogens is 240 g/mol. The van der Waals surface area contributed by atoms with Crippen LogP contribution in [0, 0.1) is 5.92 Å². The third kappa shape index (κ3) is 3.43. The zero-order valence-electron chi connectivity index (χ0n) is 8.70. The van der Waals surface area contributed by atoms with Gasteiger partial charge < -0.3 is 5.11 Å². The Kier molecular flexibility index (Phi) is 4.63. The van der Waals surface area contributed by atoms with Gasteiger partial charge in [-0.05, 0) is 30.4 Å². The Morgan fingerprint density at radius 3 is 2.50 bits per heavy atom. The lowest BCUT2D eigenvalue weighted by atomic mass is 9.99. The summed E-state index contributed by atoms with van der Waals surface area (Å²) >= 11 is 3.50. The molecular formula is C12H17BrO. The van der Waals surface area contributed by atoms with E-state index in [9.17, 15) is 5.11 Å². The molecule has 0 fully saturated rings. The highest BCUT2D eigenvalue weighted by molar-refractivity contribution is 9.10. The molecule has 0 aliphatic heterocycles. The molecule has 0 spiro atoms. The first-order valence-corrected chi connectivity index (χ1v) is 5.82. The molecule has 1 rings (SSSR count).